The highest BCUT2D eigenvalue weighted by atomic mass is 35.5. The predicted octanol–water partition coefficient (Wildman–Crippen LogP) is 1.81. The van der Waals surface area contributed by atoms with E-state index in [-0.39, 0.29) is 30.7 Å². The summed E-state index contributed by atoms with van der Waals surface area (Å²) in [4.78, 5) is 13.9. The summed E-state index contributed by atoms with van der Waals surface area (Å²) >= 11 is 6.00. The van der Waals surface area contributed by atoms with Gasteiger partial charge in [-0.2, -0.15) is 0 Å². The molecule has 1 aromatic carbocycles. The van der Waals surface area contributed by atoms with Crippen molar-refractivity contribution in [2.24, 2.45) is 0 Å². The number of benzene rings is 1. The fraction of sp³-hybridized carbons (Fsp3) is 0.364. The lowest BCUT2D eigenvalue weighted by atomic mass is 10.1. The highest BCUT2D eigenvalue weighted by molar-refractivity contribution is 6.34. The Kier molecular flexibility index (Phi) is 7.40. The van der Waals surface area contributed by atoms with Gasteiger partial charge in [0.15, 0.2) is 0 Å². The van der Waals surface area contributed by atoms with Crippen molar-refractivity contribution in [3.63, 3.8) is 0 Å². The van der Waals surface area contributed by atoms with Crippen LogP contribution in [0.3, 0.4) is 0 Å². The molecule has 0 unspecified atom stereocenters. The Morgan fingerprint density at radius 1 is 1.28 bits per heavy atom. The number of nitrogen functional groups attached to an aromatic ring is 1. The van der Waals surface area contributed by atoms with Gasteiger partial charge < -0.3 is 16.0 Å². The molecule has 1 aliphatic heterocycles. The van der Waals surface area contributed by atoms with Crippen LogP contribution in [0.1, 0.15) is 10.4 Å². The first-order chi connectivity index (χ1) is 7.68. The minimum atomic E-state index is -0.0218. The van der Waals surface area contributed by atoms with Crippen LogP contribution >= 0.6 is 36.4 Å². The lowest BCUT2D eigenvalue weighted by Gasteiger charge is -2.27. The summed E-state index contributed by atoms with van der Waals surface area (Å²) < 4.78 is 0. The van der Waals surface area contributed by atoms with Crippen LogP contribution in [0.4, 0.5) is 5.69 Å². The number of hydrogen-bond acceptors (Lipinski definition) is 3. The fourth-order valence-electron chi connectivity index (χ4n) is 1.74. The van der Waals surface area contributed by atoms with Gasteiger partial charge >= 0.3 is 0 Å². The molecule has 18 heavy (non-hydrogen) atoms. The maximum absolute atomic E-state index is 12.1. The van der Waals surface area contributed by atoms with Gasteiger partial charge in [-0.3, -0.25) is 4.79 Å². The number of nitrogens with one attached hydrogen (secondary N) is 1. The van der Waals surface area contributed by atoms with E-state index in [1.54, 1.807) is 23.1 Å². The highest BCUT2D eigenvalue weighted by Crippen LogP contribution is 2.20. The Labute approximate surface area is 124 Å². The van der Waals surface area contributed by atoms with Crippen molar-refractivity contribution in [3.8, 4) is 0 Å². The van der Waals surface area contributed by atoms with E-state index in [0.717, 1.165) is 26.2 Å². The van der Waals surface area contributed by atoms with Crippen LogP contribution in [-0.2, 0) is 0 Å². The summed E-state index contributed by atoms with van der Waals surface area (Å²) in [5, 5.41) is 3.62. The zero-order valence-electron chi connectivity index (χ0n) is 9.69. The second-order valence-electron chi connectivity index (χ2n) is 3.78. The molecule has 0 bridgehead atoms. The van der Waals surface area contributed by atoms with Gasteiger partial charge in [-0.25, -0.2) is 0 Å². The zero-order chi connectivity index (χ0) is 11.5. The smallest absolute Gasteiger partial charge is 0.255 e. The molecule has 1 heterocycles. The van der Waals surface area contributed by atoms with Crippen LogP contribution in [0.15, 0.2) is 18.2 Å². The number of halogens is 3. The van der Waals surface area contributed by atoms with Gasteiger partial charge in [-0.15, -0.1) is 24.8 Å². The molecule has 0 atom stereocenters. The summed E-state index contributed by atoms with van der Waals surface area (Å²) in [6.07, 6.45) is 0. The molecule has 0 saturated carbocycles. The number of amides is 1. The van der Waals surface area contributed by atoms with Crippen molar-refractivity contribution in [2.45, 2.75) is 0 Å². The minimum absolute atomic E-state index is 0. The van der Waals surface area contributed by atoms with Gasteiger partial charge in [-0.05, 0) is 18.2 Å². The molecule has 7 heteroatoms. The van der Waals surface area contributed by atoms with E-state index in [1.807, 2.05) is 0 Å². The van der Waals surface area contributed by atoms with Crippen LogP contribution in [0.25, 0.3) is 0 Å². The average molecular weight is 313 g/mol. The van der Waals surface area contributed by atoms with Crippen LogP contribution in [0.5, 0.6) is 0 Å². The molecule has 1 aromatic rings. The summed E-state index contributed by atoms with van der Waals surface area (Å²) in [6.45, 7) is 3.11. The number of hydrogen-bond donors (Lipinski definition) is 2. The molecule has 1 aliphatic rings. The van der Waals surface area contributed by atoms with E-state index in [4.69, 9.17) is 17.3 Å². The quantitative estimate of drug-likeness (QED) is 0.778. The summed E-state index contributed by atoms with van der Waals surface area (Å²) in [6, 6.07) is 4.99. The van der Waals surface area contributed by atoms with Crippen LogP contribution in [0, 0.1) is 0 Å². The number of rotatable bonds is 1. The first kappa shape index (κ1) is 17.3. The van der Waals surface area contributed by atoms with E-state index < -0.39 is 0 Å². The largest absolute Gasteiger partial charge is 0.399 e. The Hall–Kier alpha value is -0.680. The molecule has 102 valence electrons. The number of carbonyl (C=O) groups excluding carboxylic acids is 1. The average Bonchev–Trinajstić information content (AvgIpc) is 2.29. The Morgan fingerprint density at radius 2 is 1.89 bits per heavy atom. The fourth-order valence-corrected chi connectivity index (χ4v) is 2.01. The van der Waals surface area contributed by atoms with E-state index >= 15 is 0 Å². The van der Waals surface area contributed by atoms with Crippen LogP contribution in [-0.4, -0.2) is 37.0 Å². The van der Waals surface area contributed by atoms with Gasteiger partial charge in [0.05, 0.1) is 10.6 Å². The lowest BCUT2D eigenvalue weighted by molar-refractivity contribution is 0.0736. The van der Waals surface area contributed by atoms with E-state index in [2.05, 4.69) is 5.32 Å². The van der Waals surface area contributed by atoms with Crippen molar-refractivity contribution in [3.05, 3.63) is 28.8 Å². The van der Waals surface area contributed by atoms with Gasteiger partial charge in [0.2, 0.25) is 0 Å². The van der Waals surface area contributed by atoms with E-state index in [1.165, 1.54) is 0 Å². The third kappa shape index (κ3) is 3.92. The molecule has 2 rings (SSSR count). The van der Waals surface area contributed by atoms with Crippen LogP contribution in [0.2, 0.25) is 5.02 Å². The Bertz CT molecular complexity index is 409. The molecule has 0 aromatic heterocycles. The maximum atomic E-state index is 12.1. The highest BCUT2D eigenvalue weighted by Gasteiger charge is 2.19. The second kappa shape index (κ2) is 7.69. The number of anilines is 1. The maximum Gasteiger partial charge on any atom is 0.255 e. The van der Waals surface area contributed by atoms with Crippen LogP contribution < -0.4 is 11.1 Å². The standard InChI is InChI=1S/C11H14ClN3O.2ClH/c12-10-7-8(13)1-2-9(10)11(16)15-5-3-14-4-6-15;;/h1-2,7,14H,3-6,13H2;2*1H. The molecule has 3 N–H and O–H groups in total. The minimum Gasteiger partial charge on any atom is -0.399 e. The number of piperazine rings is 1. The SMILES string of the molecule is Cl.Cl.Nc1ccc(C(=O)N2CCNCC2)c(Cl)c1. The number of carbonyl (C=O) groups is 1. The molecule has 0 spiro atoms. The molecule has 1 fully saturated rings. The zero-order valence-corrected chi connectivity index (χ0v) is 12.1. The van der Waals surface area contributed by atoms with E-state index in [9.17, 15) is 4.79 Å². The monoisotopic (exact) mass is 311 g/mol. The van der Waals surface area contributed by atoms with Gasteiger partial charge in [0, 0.05) is 31.9 Å². The Morgan fingerprint density at radius 3 is 2.44 bits per heavy atom. The van der Waals surface area contributed by atoms with Crippen molar-refractivity contribution < 1.29 is 4.79 Å². The Balaban J connectivity index is 0.00000144. The van der Waals surface area contributed by atoms with Gasteiger partial charge in [0.1, 0.15) is 0 Å². The number of nitrogens with zero attached hydrogens (tertiary/aromatic N) is 1. The molecule has 4 nitrogen and oxygen atoms in total. The topological polar surface area (TPSA) is 58.4 Å². The molecular formula is C11H16Cl3N3O. The van der Waals surface area contributed by atoms with Crippen molar-refractivity contribution in [1.29, 1.82) is 0 Å². The molecule has 0 radical (unpaired) electrons. The van der Waals surface area contributed by atoms with Crippen molar-refractivity contribution in [1.82, 2.24) is 10.2 Å². The second-order valence-corrected chi connectivity index (χ2v) is 4.19. The third-order valence-electron chi connectivity index (χ3n) is 2.63. The van der Waals surface area contributed by atoms with Gasteiger partial charge in [-0.1, -0.05) is 11.6 Å². The summed E-state index contributed by atoms with van der Waals surface area (Å²) in [7, 11) is 0. The summed E-state index contributed by atoms with van der Waals surface area (Å²) in [5.74, 6) is -0.0218. The van der Waals surface area contributed by atoms with Gasteiger partial charge in [0.25, 0.3) is 5.91 Å². The molecular weight excluding hydrogens is 296 g/mol. The molecule has 1 saturated heterocycles. The first-order valence-electron chi connectivity index (χ1n) is 5.23. The third-order valence-corrected chi connectivity index (χ3v) is 2.94. The predicted molar refractivity (Wildman–Crippen MR) is 79.1 cm³/mol. The first-order valence-corrected chi connectivity index (χ1v) is 5.61. The molecule has 0 aliphatic carbocycles. The normalized spacial score (nSPS) is 14.4. The summed E-state index contributed by atoms with van der Waals surface area (Å²) in [5.41, 5.74) is 6.68. The van der Waals surface area contributed by atoms with E-state index in [0.29, 0.717) is 16.3 Å². The van der Waals surface area contributed by atoms with Crippen molar-refractivity contribution >= 4 is 48.0 Å². The van der Waals surface area contributed by atoms with Crippen molar-refractivity contribution in [2.75, 3.05) is 31.9 Å². The lowest BCUT2D eigenvalue weighted by Crippen LogP contribution is -2.46. The molecule has 1 amide bonds. The number of nitrogens with two attached hydrogens (primary N) is 1.